The number of esters is 3. The van der Waals surface area contributed by atoms with Gasteiger partial charge < -0.3 is 48.1 Å². The van der Waals surface area contributed by atoms with Crippen LogP contribution >= 0.6 is 0 Å². The van der Waals surface area contributed by atoms with Gasteiger partial charge in [-0.2, -0.15) is 0 Å². The maximum Gasteiger partial charge on any atom is 0.413 e. The van der Waals surface area contributed by atoms with Gasteiger partial charge in [-0.3, -0.25) is 14.5 Å². The van der Waals surface area contributed by atoms with Gasteiger partial charge in [0.25, 0.3) is 0 Å². The Bertz CT molecular complexity index is 2470. The third kappa shape index (κ3) is 7.87. The van der Waals surface area contributed by atoms with Crippen molar-refractivity contribution in [3.05, 3.63) is 113 Å². The lowest BCUT2D eigenvalue weighted by molar-refractivity contribution is -0.347. The maximum atomic E-state index is 15.5. The largest absolute Gasteiger partial charge is 0.497 e. The SMILES string of the molecule is COc1ccc([C@H]2O[C@@H](C(=O)O[C@H]3C[C@@]4(O)[C@@H](OC(=O)c5ccccc5)[C@@H]5[C@]6(OC(C)=O)CO[C@@H]6C[C@H](OC)[C@@]5(C)C(=O)[C@H](O)C(=C3C)C4(C)C)[C@H](c3ccccc3)N2C(=O)OC(C)(C)C)cc1. The Kier molecular flexibility index (Phi) is 12.7. The van der Waals surface area contributed by atoms with E-state index in [0.29, 0.717) is 16.9 Å². The van der Waals surface area contributed by atoms with Crippen LogP contribution in [0, 0.1) is 16.7 Å². The zero-order valence-corrected chi connectivity index (χ0v) is 40.0. The van der Waals surface area contributed by atoms with Crippen LogP contribution in [0.3, 0.4) is 0 Å². The Morgan fingerprint density at radius 1 is 0.868 bits per heavy atom. The molecule has 12 atom stereocenters. The molecule has 8 rings (SSSR count). The van der Waals surface area contributed by atoms with Crippen LogP contribution in [0.15, 0.2) is 96.1 Å². The van der Waals surface area contributed by atoms with Crippen LogP contribution in [0.1, 0.15) is 102 Å². The fourth-order valence-electron chi connectivity index (χ4n) is 11.6. The lowest BCUT2D eigenvalue weighted by atomic mass is 9.44. The van der Waals surface area contributed by atoms with Crippen LogP contribution < -0.4 is 4.74 Å². The summed E-state index contributed by atoms with van der Waals surface area (Å²) in [5.41, 5.74) is -6.83. The number of ether oxygens (including phenoxy) is 8. The number of aliphatic hydroxyl groups is 2. The third-order valence-electron chi connectivity index (χ3n) is 14.9. The number of carbonyl (C=O) groups is 5. The maximum absolute atomic E-state index is 15.5. The molecule has 0 spiro atoms. The van der Waals surface area contributed by atoms with Crippen LogP contribution in [-0.4, -0.2) is 119 Å². The standard InChI is InChI=1S/C52H61NO15/c1-28-34(64-46(58)40-38(30-17-13-11-14-18-30)53(47(59)68-48(3,4)5)44(65-40)31-21-23-33(61-9)24-22-31)26-52(60)43(66-45(57)32-19-15-12-16-20-32)41-50(8,42(56)39(55)37(28)49(52,6)7)35(62-10)25-36-51(41,27-63-36)67-29(2)54/h11-24,34-36,38-41,43-44,55,60H,25-27H2,1-10H3/t34-,35-,36+,38-,39+,40+,41-,43-,44+,50+,51-,52+/m0/s1. The molecule has 3 aliphatic carbocycles. The zero-order valence-electron chi connectivity index (χ0n) is 40.0. The summed E-state index contributed by atoms with van der Waals surface area (Å²) in [6.45, 7) is 12.6. The van der Waals surface area contributed by atoms with Gasteiger partial charge in [-0.15, -0.1) is 0 Å². The van der Waals surface area contributed by atoms with Crippen LogP contribution in [0.5, 0.6) is 5.75 Å². The highest BCUT2D eigenvalue weighted by Gasteiger charge is 2.78. The van der Waals surface area contributed by atoms with E-state index in [-0.39, 0.29) is 29.7 Å². The molecule has 4 fully saturated rings. The predicted molar refractivity (Wildman–Crippen MR) is 242 cm³/mol. The van der Waals surface area contributed by atoms with Crippen LogP contribution in [-0.2, 0) is 47.5 Å². The molecule has 1 amide bonds. The minimum absolute atomic E-state index is 0.0382. The molecule has 2 aliphatic heterocycles. The van der Waals surface area contributed by atoms with E-state index in [1.54, 1.807) is 121 Å². The topological polar surface area (TPSA) is 203 Å². The number of methoxy groups -OCH3 is 2. The van der Waals surface area contributed by atoms with Gasteiger partial charge in [0.05, 0.1) is 36.7 Å². The van der Waals surface area contributed by atoms with Crippen molar-refractivity contribution >= 4 is 29.8 Å². The molecule has 0 unspecified atom stereocenters. The van der Waals surface area contributed by atoms with Crippen molar-refractivity contribution in [1.29, 1.82) is 0 Å². The highest BCUT2D eigenvalue weighted by atomic mass is 16.6. The summed E-state index contributed by atoms with van der Waals surface area (Å²) in [7, 11) is 2.93. The normalized spacial score (nSPS) is 34.0. The van der Waals surface area contributed by atoms with Crippen molar-refractivity contribution in [2.24, 2.45) is 16.7 Å². The fraction of sp³-hybridized carbons (Fsp3) is 0.519. The van der Waals surface area contributed by atoms with Gasteiger partial charge in [-0.05, 0) is 75.6 Å². The lowest BCUT2D eigenvalue weighted by Gasteiger charge is -2.67. The quantitative estimate of drug-likeness (QED) is 0.136. The monoisotopic (exact) mass is 939 g/mol. The van der Waals surface area contributed by atoms with Crippen LogP contribution in [0.2, 0.25) is 0 Å². The summed E-state index contributed by atoms with van der Waals surface area (Å²) in [6.07, 6.45) is -10.7. The first-order valence-corrected chi connectivity index (χ1v) is 22.9. The van der Waals surface area contributed by atoms with Crippen LogP contribution in [0.4, 0.5) is 4.79 Å². The van der Waals surface area contributed by atoms with E-state index < -0.39 is 119 Å². The Balaban J connectivity index is 1.28. The molecule has 2 N–H and O–H groups in total. The van der Waals surface area contributed by atoms with Crippen molar-refractivity contribution in [2.45, 2.75) is 134 Å². The number of hydrogen-bond donors (Lipinski definition) is 2. The number of rotatable bonds is 9. The van der Waals surface area contributed by atoms with Gasteiger partial charge in [0.15, 0.2) is 23.7 Å². The summed E-state index contributed by atoms with van der Waals surface area (Å²) in [4.78, 5) is 73.9. The van der Waals surface area contributed by atoms with Crippen molar-refractivity contribution in [1.82, 2.24) is 4.90 Å². The van der Waals surface area contributed by atoms with E-state index >= 15 is 9.59 Å². The van der Waals surface area contributed by atoms with Crippen molar-refractivity contribution in [3.63, 3.8) is 0 Å². The van der Waals surface area contributed by atoms with Crippen molar-refractivity contribution in [3.8, 4) is 5.75 Å². The highest BCUT2D eigenvalue weighted by Crippen LogP contribution is 2.64. The van der Waals surface area contributed by atoms with Gasteiger partial charge in [0.2, 0.25) is 0 Å². The van der Waals surface area contributed by atoms with E-state index in [0.717, 1.165) is 0 Å². The second kappa shape index (κ2) is 17.7. The first kappa shape index (κ1) is 48.8. The molecule has 2 saturated carbocycles. The first-order valence-electron chi connectivity index (χ1n) is 22.9. The lowest BCUT2D eigenvalue weighted by Crippen LogP contribution is -2.82. The molecule has 68 heavy (non-hydrogen) atoms. The minimum atomic E-state index is -2.29. The predicted octanol–water partition coefficient (Wildman–Crippen LogP) is 6.37. The smallest absolute Gasteiger partial charge is 0.413 e. The van der Waals surface area contributed by atoms with E-state index in [4.69, 9.17) is 37.9 Å². The molecular formula is C52H61NO15. The molecular weight excluding hydrogens is 879 g/mol. The molecule has 2 bridgehead atoms. The van der Waals surface area contributed by atoms with Crippen molar-refractivity contribution < 1.29 is 72.1 Å². The molecule has 2 heterocycles. The first-order chi connectivity index (χ1) is 32.0. The number of hydrogen-bond acceptors (Lipinski definition) is 15. The molecule has 3 aromatic carbocycles. The molecule has 16 nitrogen and oxygen atoms in total. The Labute approximate surface area is 395 Å². The summed E-state index contributed by atoms with van der Waals surface area (Å²) in [5, 5.41) is 26.5. The summed E-state index contributed by atoms with van der Waals surface area (Å²) in [5.74, 6) is -4.11. The van der Waals surface area contributed by atoms with E-state index in [2.05, 4.69) is 0 Å². The molecule has 16 heteroatoms. The Morgan fingerprint density at radius 2 is 1.50 bits per heavy atom. The van der Waals surface area contributed by atoms with E-state index in [9.17, 15) is 24.6 Å². The van der Waals surface area contributed by atoms with E-state index in [1.165, 1.54) is 38.2 Å². The number of aliphatic hydroxyl groups excluding tert-OH is 1. The third-order valence-corrected chi connectivity index (χ3v) is 14.9. The van der Waals surface area contributed by atoms with Gasteiger partial charge in [0.1, 0.15) is 47.4 Å². The average Bonchev–Trinajstić information content (AvgIpc) is 3.70. The summed E-state index contributed by atoms with van der Waals surface area (Å²) in [6, 6.07) is 22.6. The fourth-order valence-corrected chi connectivity index (χ4v) is 11.6. The second-order valence-corrected chi connectivity index (χ2v) is 20.2. The Morgan fingerprint density at radius 3 is 2.06 bits per heavy atom. The molecule has 3 aromatic rings. The molecule has 364 valence electrons. The Hall–Kier alpha value is -5.65. The highest BCUT2D eigenvalue weighted by molar-refractivity contribution is 5.94. The molecule has 0 radical (unpaired) electrons. The van der Waals surface area contributed by atoms with Crippen molar-refractivity contribution in [2.75, 3.05) is 20.8 Å². The average molecular weight is 940 g/mol. The minimum Gasteiger partial charge on any atom is -0.497 e. The zero-order chi connectivity index (χ0) is 49.3. The molecule has 5 aliphatic rings. The number of ketones is 1. The number of amides is 1. The van der Waals surface area contributed by atoms with Gasteiger partial charge >= 0.3 is 24.0 Å². The number of carbonyl (C=O) groups excluding carboxylic acids is 5. The van der Waals surface area contributed by atoms with E-state index in [1.807, 2.05) is 0 Å². The van der Waals surface area contributed by atoms with Gasteiger partial charge in [-0.25, -0.2) is 14.4 Å². The number of benzene rings is 3. The second-order valence-electron chi connectivity index (χ2n) is 20.2. The van der Waals surface area contributed by atoms with Crippen LogP contribution in [0.25, 0.3) is 0 Å². The van der Waals surface area contributed by atoms with Gasteiger partial charge in [0, 0.05) is 37.9 Å². The number of Topliss-reactive ketones (excluding diaryl/α,β-unsaturated/α-hetero) is 1. The number of fused-ring (bicyclic) bond motifs is 5. The molecule has 0 aromatic heterocycles. The molecule has 2 saturated heterocycles. The number of nitrogens with zero attached hydrogens (tertiary/aromatic N) is 1. The summed E-state index contributed by atoms with van der Waals surface area (Å²) < 4.78 is 49.2. The van der Waals surface area contributed by atoms with Gasteiger partial charge in [-0.1, -0.05) is 74.5 Å². The summed E-state index contributed by atoms with van der Waals surface area (Å²) >= 11 is 0.